The van der Waals surface area contributed by atoms with Gasteiger partial charge < -0.3 is 0 Å². The van der Waals surface area contributed by atoms with Crippen LogP contribution < -0.4 is 0 Å². The van der Waals surface area contributed by atoms with Crippen LogP contribution in [0.3, 0.4) is 0 Å². The van der Waals surface area contributed by atoms with Crippen LogP contribution in [0.2, 0.25) is 0 Å². The van der Waals surface area contributed by atoms with Gasteiger partial charge in [0.1, 0.15) is 0 Å². The molecule has 14 heavy (non-hydrogen) atoms. The van der Waals surface area contributed by atoms with Gasteiger partial charge in [-0.1, -0.05) is 6.07 Å². The average molecular weight is 187 g/mol. The first-order valence-electron chi connectivity index (χ1n) is 4.40. The predicted octanol–water partition coefficient (Wildman–Crippen LogP) is 2.18. The van der Waals surface area contributed by atoms with Gasteiger partial charge in [-0.3, -0.25) is 4.98 Å². The first kappa shape index (κ1) is 10.3. The van der Waals surface area contributed by atoms with E-state index in [1.807, 2.05) is 38.1 Å². The number of hydrogen-bond donors (Lipinski definition) is 0. The minimum atomic E-state index is 1.07. The Morgan fingerprint density at radius 2 is 1.79 bits per heavy atom. The Morgan fingerprint density at radius 3 is 2.07 bits per heavy atom. The Morgan fingerprint density at radius 1 is 0.929 bits per heavy atom. The van der Waals surface area contributed by atoms with Gasteiger partial charge in [0, 0.05) is 18.1 Å². The third-order valence-corrected chi connectivity index (χ3v) is 1.54. The molecule has 2 heterocycles. The summed E-state index contributed by atoms with van der Waals surface area (Å²) < 4.78 is 0. The number of nitrogens with zero attached hydrogens (tertiary/aromatic N) is 3. The fourth-order valence-corrected chi connectivity index (χ4v) is 0.805. The Balaban J connectivity index is 0.000000140. The van der Waals surface area contributed by atoms with E-state index in [0.717, 1.165) is 11.3 Å². The van der Waals surface area contributed by atoms with E-state index in [9.17, 15) is 0 Å². The van der Waals surface area contributed by atoms with Crippen molar-refractivity contribution in [3.8, 4) is 0 Å². The molecule has 0 N–H and O–H groups in total. The maximum atomic E-state index is 3.98. The monoisotopic (exact) mass is 187 g/mol. The van der Waals surface area contributed by atoms with Gasteiger partial charge in [0.25, 0.3) is 0 Å². The first-order valence-corrected chi connectivity index (χ1v) is 4.40. The highest BCUT2D eigenvalue weighted by Gasteiger charge is 1.74. The molecule has 0 atom stereocenters. The fraction of sp³-hybridized carbons (Fsp3) is 0.182. The molecule has 0 saturated carbocycles. The summed E-state index contributed by atoms with van der Waals surface area (Å²) in [7, 11) is 0. The number of rotatable bonds is 0. The molecule has 0 bridgehead atoms. The van der Waals surface area contributed by atoms with Crippen molar-refractivity contribution in [2.75, 3.05) is 0 Å². The maximum Gasteiger partial charge on any atom is 0.0525 e. The molecule has 0 aliphatic rings. The number of pyridine rings is 1. The van der Waals surface area contributed by atoms with Gasteiger partial charge in [0.2, 0.25) is 0 Å². The van der Waals surface area contributed by atoms with Crippen molar-refractivity contribution in [2.45, 2.75) is 13.8 Å². The molecule has 0 fully saturated rings. The predicted molar refractivity (Wildman–Crippen MR) is 55.7 cm³/mol. The second-order valence-corrected chi connectivity index (χ2v) is 2.89. The lowest BCUT2D eigenvalue weighted by Gasteiger charge is -1.82. The molecule has 3 nitrogen and oxygen atoms in total. The van der Waals surface area contributed by atoms with E-state index in [1.165, 1.54) is 0 Å². The van der Waals surface area contributed by atoms with Crippen molar-refractivity contribution >= 4 is 0 Å². The molecule has 2 aromatic rings. The third-order valence-electron chi connectivity index (χ3n) is 1.54. The van der Waals surface area contributed by atoms with Crippen molar-refractivity contribution in [3.05, 3.63) is 54.1 Å². The van der Waals surface area contributed by atoms with E-state index in [2.05, 4.69) is 15.2 Å². The fourth-order valence-electron chi connectivity index (χ4n) is 0.805. The summed E-state index contributed by atoms with van der Waals surface area (Å²) in [4.78, 5) is 3.98. The van der Waals surface area contributed by atoms with Crippen molar-refractivity contribution in [2.24, 2.45) is 0 Å². The largest absolute Gasteiger partial charge is 0.262 e. The van der Waals surface area contributed by atoms with E-state index < -0.39 is 0 Å². The van der Waals surface area contributed by atoms with E-state index in [4.69, 9.17) is 0 Å². The SMILES string of the molecule is Cc1ccccn1.Cc1ccnnc1. The molecule has 2 aromatic heterocycles. The summed E-state index contributed by atoms with van der Waals surface area (Å²) in [5, 5.41) is 7.23. The second kappa shape index (κ2) is 5.80. The second-order valence-electron chi connectivity index (χ2n) is 2.89. The lowest BCUT2D eigenvalue weighted by atomic mass is 10.4. The molecule has 72 valence electrons. The van der Waals surface area contributed by atoms with Gasteiger partial charge >= 0.3 is 0 Å². The molecule has 0 unspecified atom stereocenters. The van der Waals surface area contributed by atoms with Gasteiger partial charge in [0.15, 0.2) is 0 Å². The van der Waals surface area contributed by atoms with E-state index in [0.29, 0.717) is 0 Å². The highest BCUT2D eigenvalue weighted by molar-refractivity contribution is 5.00. The highest BCUT2D eigenvalue weighted by atomic mass is 15.1. The van der Waals surface area contributed by atoms with Crippen molar-refractivity contribution in [3.63, 3.8) is 0 Å². The molecule has 0 aromatic carbocycles. The van der Waals surface area contributed by atoms with Gasteiger partial charge in [-0.05, 0) is 37.6 Å². The van der Waals surface area contributed by atoms with Crippen molar-refractivity contribution in [1.82, 2.24) is 15.2 Å². The van der Waals surface area contributed by atoms with Crippen LogP contribution in [0, 0.1) is 13.8 Å². The number of aromatic nitrogens is 3. The standard InChI is InChI=1S/C6H7N.C5H6N2/c1-6-4-2-3-5-7-6;1-5-2-3-6-7-4-5/h2-5H,1H3;2-4H,1H3. The first-order chi connectivity index (χ1) is 6.79. The van der Waals surface area contributed by atoms with Gasteiger partial charge in [-0.25, -0.2) is 0 Å². The van der Waals surface area contributed by atoms with Crippen LogP contribution in [0.1, 0.15) is 11.3 Å². The van der Waals surface area contributed by atoms with Crippen LogP contribution in [0.15, 0.2) is 42.9 Å². The zero-order chi connectivity index (χ0) is 10.2. The molecule has 0 aliphatic heterocycles. The highest BCUT2D eigenvalue weighted by Crippen LogP contribution is 1.86. The quantitative estimate of drug-likeness (QED) is 0.634. The lowest BCUT2D eigenvalue weighted by Crippen LogP contribution is -1.76. The summed E-state index contributed by atoms with van der Waals surface area (Å²) in [6, 6.07) is 7.77. The molecule has 0 spiro atoms. The molecule has 2 rings (SSSR count). The van der Waals surface area contributed by atoms with Gasteiger partial charge in [0.05, 0.1) is 6.20 Å². The number of aryl methyl sites for hydroxylation is 2. The summed E-state index contributed by atoms with van der Waals surface area (Å²) in [6.07, 6.45) is 5.19. The van der Waals surface area contributed by atoms with Crippen LogP contribution in [-0.2, 0) is 0 Å². The molecule has 0 saturated heterocycles. The summed E-state index contributed by atoms with van der Waals surface area (Å²) >= 11 is 0. The van der Waals surface area contributed by atoms with E-state index >= 15 is 0 Å². The Bertz CT molecular complexity index is 308. The summed E-state index contributed by atoms with van der Waals surface area (Å²) in [5.74, 6) is 0. The maximum absolute atomic E-state index is 3.98. The molecular formula is C11H13N3. The van der Waals surface area contributed by atoms with E-state index in [1.54, 1.807) is 18.6 Å². The van der Waals surface area contributed by atoms with Gasteiger partial charge in [-0.15, -0.1) is 0 Å². The number of hydrogen-bond acceptors (Lipinski definition) is 3. The van der Waals surface area contributed by atoms with Crippen LogP contribution in [-0.4, -0.2) is 15.2 Å². The summed E-state index contributed by atoms with van der Waals surface area (Å²) in [6.45, 7) is 3.95. The Labute approximate surface area is 83.9 Å². The van der Waals surface area contributed by atoms with Crippen molar-refractivity contribution in [1.29, 1.82) is 0 Å². The normalized spacial score (nSPS) is 8.71. The van der Waals surface area contributed by atoms with Gasteiger partial charge in [-0.2, -0.15) is 10.2 Å². The molecule has 3 heteroatoms. The zero-order valence-electron chi connectivity index (χ0n) is 8.38. The third kappa shape index (κ3) is 4.30. The van der Waals surface area contributed by atoms with Crippen molar-refractivity contribution < 1.29 is 0 Å². The Hall–Kier alpha value is -1.77. The van der Waals surface area contributed by atoms with Crippen LogP contribution >= 0.6 is 0 Å². The van der Waals surface area contributed by atoms with Crippen LogP contribution in [0.25, 0.3) is 0 Å². The van der Waals surface area contributed by atoms with Crippen LogP contribution in [0.5, 0.6) is 0 Å². The minimum Gasteiger partial charge on any atom is -0.262 e. The average Bonchev–Trinajstić information content (AvgIpc) is 2.21. The summed E-state index contributed by atoms with van der Waals surface area (Å²) in [5.41, 5.74) is 2.22. The molecule has 0 amide bonds. The topological polar surface area (TPSA) is 38.7 Å². The van der Waals surface area contributed by atoms with E-state index in [-0.39, 0.29) is 0 Å². The van der Waals surface area contributed by atoms with Crippen LogP contribution in [0.4, 0.5) is 0 Å². The molecular weight excluding hydrogens is 174 g/mol. The zero-order valence-corrected chi connectivity index (χ0v) is 8.38. The molecule has 0 aliphatic carbocycles. The smallest absolute Gasteiger partial charge is 0.0525 e. The Kier molecular flexibility index (Phi) is 4.27. The minimum absolute atomic E-state index is 1.07. The lowest BCUT2D eigenvalue weighted by molar-refractivity contribution is 1.01. The molecule has 0 radical (unpaired) electrons.